The summed E-state index contributed by atoms with van der Waals surface area (Å²) in [4.78, 5) is 29.1. The second kappa shape index (κ2) is 12.2. The SMILES string of the molecule is CCC(=O)CCc1ccc(-c2cnc(-c3ccc(NC(=O)OC(C)C)cc3)s2)c(S(=O)(=O)NC(C)(C)C)c1. The van der Waals surface area contributed by atoms with E-state index in [1.165, 1.54) is 11.3 Å². The van der Waals surface area contributed by atoms with E-state index in [0.29, 0.717) is 40.4 Å². The molecule has 3 aromatic rings. The van der Waals surface area contributed by atoms with Crippen LogP contribution in [-0.2, 0) is 26.0 Å². The highest BCUT2D eigenvalue weighted by atomic mass is 32.2. The monoisotopic (exact) mass is 557 g/mol. The third-order valence-electron chi connectivity index (χ3n) is 5.36. The van der Waals surface area contributed by atoms with Gasteiger partial charge in [0.05, 0.1) is 15.9 Å². The molecule has 1 amide bonds. The van der Waals surface area contributed by atoms with E-state index in [0.717, 1.165) is 11.1 Å². The summed E-state index contributed by atoms with van der Waals surface area (Å²) in [5.41, 5.74) is 2.09. The number of anilines is 1. The van der Waals surface area contributed by atoms with Crippen LogP contribution in [0.15, 0.2) is 53.6 Å². The average molecular weight is 558 g/mol. The fourth-order valence-corrected chi connectivity index (χ4v) is 6.37. The van der Waals surface area contributed by atoms with Gasteiger partial charge in [0.1, 0.15) is 10.8 Å². The van der Waals surface area contributed by atoms with E-state index in [1.807, 2.05) is 25.1 Å². The molecule has 10 heteroatoms. The maximum absolute atomic E-state index is 13.4. The van der Waals surface area contributed by atoms with Crippen LogP contribution in [0.25, 0.3) is 21.0 Å². The lowest BCUT2D eigenvalue weighted by molar-refractivity contribution is -0.118. The summed E-state index contributed by atoms with van der Waals surface area (Å²) in [5.74, 6) is 0.136. The molecule has 0 unspecified atom stereocenters. The summed E-state index contributed by atoms with van der Waals surface area (Å²) < 4.78 is 34.7. The number of benzene rings is 2. The summed E-state index contributed by atoms with van der Waals surface area (Å²) in [7, 11) is -3.85. The Hall–Kier alpha value is -3.08. The van der Waals surface area contributed by atoms with E-state index in [-0.39, 0.29) is 16.8 Å². The molecular weight excluding hydrogens is 522 g/mol. The standard InChI is InChI=1S/C28H35N3O5S2/c1-7-22(32)14-8-19-9-15-23(25(16-19)38(34,35)31-28(4,5)6)24-17-29-26(37-24)20-10-12-21(13-11-20)30-27(33)36-18(2)3/h9-13,15-18,31H,7-8,14H2,1-6H3,(H,30,33). The quantitative estimate of drug-likeness (QED) is 0.297. The maximum atomic E-state index is 13.4. The average Bonchev–Trinajstić information content (AvgIpc) is 3.31. The van der Waals surface area contributed by atoms with Crippen LogP contribution in [0.1, 0.15) is 59.9 Å². The number of nitrogens with zero attached hydrogens (tertiary/aromatic N) is 1. The van der Waals surface area contributed by atoms with Gasteiger partial charge in [-0.2, -0.15) is 0 Å². The minimum Gasteiger partial charge on any atom is -0.447 e. The topological polar surface area (TPSA) is 114 Å². The van der Waals surface area contributed by atoms with E-state index >= 15 is 0 Å². The molecule has 0 atom stereocenters. The van der Waals surface area contributed by atoms with Gasteiger partial charge in [0, 0.05) is 41.4 Å². The predicted octanol–water partition coefficient (Wildman–Crippen LogP) is 6.42. The Morgan fingerprint density at radius 3 is 2.37 bits per heavy atom. The third kappa shape index (κ3) is 8.21. The first kappa shape index (κ1) is 29.5. The molecule has 0 aliphatic heterocycles. The zero-order valence-electron chi connectivity index (χ0n) is 22.6. The van der Waals surface area contributed by atoms with Gasteiger partial charge in [-0.3, -0.25) is 10.1 Å². The van der Waals surface area contributed by atoms with Gasteiger partial charge in [-0.05, 0) is 76.9 Å². The van der Waals surface area contributed by atoms with Crippen LogP contribution in [0, 0.1) is 0 Å². The number of rotatable bonds is 10. The highest BCUT2D eigenvalue weighted by molar-refractivity contribution is 7.89. The van der Waals surface area contributed by atoms with Crippen molar-refractivity contribution in [1.82, 2.24) is 9.71 Å². The molecule has 2 aromatic carbocycles. The predicted molar refractivity (Wildman–Crippen MR) is 152 cm³/mol. The Labute approximate surface area is 228 Å². The molecule has 0 saturated heterocycles. The Balaban J connectivity index is 1.92. The summed E-state index contributed by atoms with van der Waals surface area (Å²) in [5, 5.41) is 3.39. The lowest BCUT2D eigenvalue weighted by atomic mass is 10.0. The van der Waals surface area contributed by atoms with Gasteiger partial charge < -0.3 is 4.74 Å². The highest BCUT2D eigenvalue weighted by Gasteiger charge is 2.26. The van der Waals surface area contributed by atoms with Crippen molar-refractivity contribution in [3.8, 4) is 21.0 Å². The molecule has 0 fully saturated rings. The number of hydrogen-bond acceptors (Lipinski definition) is 7. The number of ether oxygens (including phenoxy) is 1. The van der Waals surface area contributed by atoms with Gasteiger partial charge in [-0.25, -0.2) is 22.9 Å². The van der Waals surface area contributed by atoms with Crippen molar-refractivity contribution in [2.45, 2.75) is 77.3 Å². The molecule has 0 saturated carbocycles. The largest absolute Gasteiger partial charge is 0.447 e. The van der Waals surface area contributed by atoms with Crippen molar-refractivity contribution in [2.24, 2.45) is 0 Å². The fourth-order valence-electron chi connectivity index (χ4n) is 3.66. The van der Waals surface area contributed by atoms with Crippen molar-refractivity contribution in [1.29, 1.82) is 0 Å². The van der Waals surface area contributed by atoms with Crippen LogP contribution < -0.4 is 10.0 Å². The van der Waals surface area contributed by atoms with E-state index in [4.69, 9.17) is 4.74 Å². The molecule has 1 heterocycles. The van der Waals surface area contributed by atoms with Gasteiger partial charge in [0.2, 0.25) is 10.0 Å². The second-order valence-corrected chi connectivity index (χ2v) is 12.9. The van der Waals surface area contributed by atoms with Gasteiger partial charge >= 0.3 is 6.09 Å². The van der Waals surface area contributed by atoms with E-state index in [1.54, 1.807) is 65.1 Å². The van der Waals surface area contributed by atoms with E-state index in [9.17, 15) is 18.0 Å². The van der Waals surface area contributed by atoms with Crippen LogP contribution in [0.3, 0.4) is 0 Å². The van der Waals surface area contributed by atoms with Crippen molar-refractivity contribution < 1.29 is 22.7 Å². The smallest absolute Gasteiger partial charge is 0.411 e. The van der Waals surface area contributed by atoms with Crippen LogP contribution in [0.4, 0.5) is 10.5 Å². The van der Waals surface area contributed by atoms with Gasteiger partial charge in [-0.15, -0.1) is 11.3 Å². The first-order chi connectivity index (χ1) is 17.8. The fraction of sp³-hybridized carbons (Fsp3) is 0.393. The second-order valence-electron chi connectivity index (χ2n) is 10.3. The molecule has 0 spiro atoms. The van der Waals surface area contributed by atoms with E-state index < -0.39 is 21.7 Å². The number of nitrogens with one attached hydrogen (secondary N) is 2. The number of carbonyl (C=O) groups excluding carboxylic acids is 2. The number of hydrogen-bond donors (Lipinski definition) is 2. The van der Waals surface area contributed by atoms with Crippen molar-refractivity contribution in [3.63, 3.8) is 0 Å². The Bertz CT molecular complexity index is 1390. The number of amides is 1. The minimum absolute atomic E-state index is 0.136. The number of sulfonamides is 1. The molecular formula is C28H35N3O5S2. The van der Waals surface area contributed by atoms with Gasteiger partial charge in [-0.1, -0.05) is 19.1 Å². The minimum atomic E-state index is -3.85. The zero-order valence-corrected chi connectivity index (χ0v) is 24.3. The number of aromatic nitrogens is 1. The normalized spacial score (nSPS) is 12.0. The number of ketones is 1. The Kier molecular flexibility index (Phi) is 9.45. The van der Waals surface area contributed by atoms with Gasteiger partial charge in [0.15, 0.2) is 0 Å². The van der Waals surface area contributed by atoms with Crippen molar-refractivity contribution >= 4 is 38.9 Å². The third-order valence-corrected chi connectivity index (χ3v) is 8.23. The molecule has 38 heavy (non-hydrogen) atoms. The number of carbonyl (C=O) groups is 2. The molecule has 0 bridgehead atoms. The summed E-state index contributed by atoms with van der Waals surface area (Å²) in [6.45, 7) is 10.7. The zero-order chi connectivity index (χ0) is 28.1. The number of thiazole rings is 1. The highest BCUT2D eigenvalue weighted by Crippen LogP contribution is 2.36. The van der Waals surface area contributed by atoms with Crippen molar-refractivity contribution in [3.05, 3.63) is 54.2 Å². The molecule has 0 aliphatic rings. The Morgan fingerprint density at radius 2 is 1.76 bits per heavy atom. The number of aryl methyl sites for hydroxylation is 1. The van der Waals surface area contributed by atoms with Crippen LogP contribution in [-0.4, -0.2) is 36.9 Å². The molecule has 1 aromatic heterocycles. The van der Waals surface area contributed by atoms with Gasteiger partial charge in [0.25, 0.3) is 0 Å². The first-order valence-corrected chi connectivity index (χ1v) is 14.8. The molecule has 0 radical (unpaired) electrons. The molecule has 8 nitrogen and oxygen atoms in total. The first-order valence-electron chi connectivity index (χ1n) is 12.5. The Morgan fingerprint density at radius 1 is 1.08 bits per heavy atom. The lowest BCUT2D eigenvalue weighted by Crippen LogP contribution is -2.40. The molecule has 2 N–H and O–H groups in total. The maximum Gasteiger partial charge on any atom is 0.411 e. The number of Topliss-reactive ketones (excluding diaryl/α,β-unsaturated/α-hetero) is 1. The molecule has 0 aliphatic carbocycles. The lowest BCUT2D eigenvalue weighted by Gasteiger charge is -2.22. The molecule has 3 rings (SSSR count). The van der Waals surface area contributed by atoms with E-state index in [2.05, 4.69) is 15.0 Å². The van der Waals surface area contributed by atoms with Crippen molar-refractivity contribution in [2.75, 3.05) is 5.32 Å². The summed E-state index contributed by atoms with van der Waals surface area (Å²) >= 11 is 1.37. The molecule has 204 valence electrons. The van der Waals surface area contributed by atoms with Crippen LogP contribution >= 0.6 is 11.3 Å². The van der Waals surface area contributed by atoms with Crippen LogP contribution in [0.5, 0.6) is 0 Å². The van der Waals surface area contributed by atoms with Crippen LogP contribution in [0.2, 0.25) is 0 Å². The summed E-state index contributed by atoms with van der Waals surface area (Å²) in [6, 6.07) is 12.5. The summed E-state index contributed by atoms with van der Waals surface area (Å²) in [6.07, 6.45) is 2.22.